The van der Waals surface area contributed by atoms with E-state index in [-0.39, 0.29) is 22.3 Å². The molecule has 1 unspecified atom stereocenters. The number of carbonyl (C=O) groups excluding carboxylic acids is 1. The van der Waals surface area contributed by atoms with Crippen LogP contribution in [0.5, 0.6) is 0 Å². The Balaban J connectivity index is 1.64. The summed E-state index contributed by atoms with van der Waals surface area (Å²) in [5, 5.41) is 8.75. The summed E-state index contributed by atoms with van der Waals surface area (Å²) in [6, 6.07) is 22.2. The van der Waals surface area contributed by atoms with Gasteiger partial charge in [-0.2, -0.15) is 5.10 Å². The van der Waals surface area contributed by atoms with Gasteiger partial charge in [0.2, 0.25) is 0 Å². The van der Waals surface area contributed by atoms with E-state index >= 15 is 0 Å². The molecule has 1 aliphatic heterocycles. The van der Waals surface area contributed by atoms with Crippen LogP contribution in [-0.4, -0.2) is 26.3 Å². The summed E-state index contributed by atoms with van der Waals surface area (Å²) in [6.07, 6.45) is 1.34. The van der Waals surface area contributed by atoms with Gasteiger partial charge in [-0.1, -0.05) is 48.5 Å². The zero-order chi connectivity index (χ0) is 22.0. The van der Waals surface area contributed by atoms with E-state index in [1.807, 2.05) is 60.7 Å². The van der Waals surface area contributed by atoms with Crippen LogP contribution in [0.2, 0.25) is 0 Å². The highest BCUT2D eigenvalue weighted by molar-refractivity contribution is 7.90. The van der Waals surface area contributed by atoms with Gasteiger partial charge in [0.05, 0.1) is 22.3 Å². The van der Waals surface area contributed by atoms with Crippen molar-refractivity contribution in [3.8, 4) is 0 Å². The molecule has 0 saturated heterocycles. The third-order valence-electron chi connectivity index (χ3n) is 4.99. The zero-order valence-corrected chi connectivity index (χ0v) is 17.5. The van der Waals surface area contributed by atoms with Crippen LogP contribution in [-0.2, 0) is 14.6 Å². The molecule has 0 fully saturated rings. The molecule has 0 radical (unpaired) electrons. The lowest BCUT2D eigenvalue weighted by Crippen LogP contribution is -2.22. The Bertz CT molecular complexity index is 1250. The van der Waals surface area contributed by atoms with E-state index in [2.05, 4.69) is 10.4 Å². The first-order valence-corrected chi connectivity index (χ1v) is 11.5. The first-order valence-electron chi connectivity index (χ1n) is 9.60. The molecule has 8 heteroatoms. The Hall–Kier alpha value is -3.52. The highest BCUT2D eigenvalue weighted by Crippen LogP contribution is 2.35. The highest BCUT2D eigenvalue weighted by Gasteiger charge is 2.32. The van der Waals surface area contributed by atoms with Crippen LogP contribution in [0.1, 0.15) is 18.0 Å². The second kappa shape index (κ2) is 8.31. The molecule has 3 aromatic rings. The van der Waals surface area contributed by atoms with E-state index in [1.165, 1.54) is 0 Å². The van der Waals surface area contributed by atoms with Crippen molar-refractivity contribution in [1.82, 2.24) is 0 Å². The van der Waals surface area contributed by atoms with Gasteiger partial charge in [0, 0.05) is 12.7 Å². The maximum Gasteiger partial charge on any atom is 0.272 e. The fourth-order valence-corrected chi connectivity index (χ4v) is 4.07. The number of hydrogen-bond acceptors (Lipinski definition) is 5. The molecule has 0 aromatic heterocycles. The fourth-order valence-electron chi connectivity index (χ4n) is 3.43. The number of carbonyl (C=O) groups is 1. The van der Waals surface area contributed by atoms with Crippen LogP contribution >= 0.6 is 0 Å². The lowest BCUT2D eigenvalue weighted by molar-refractivity contribution is -0.110. The number of rotatable bonds is 5. The predicted molar refractivity (Wildman–Crippen MR) is 118 cm³/mol. The lowest BCUT2D eigenvalue weighted by Gasteiger charge is -2.23. The van der Waals surface area contributed by atoms with Gasteiger partial charge in [0.15, 0.2) is 9.84 Å². The molecular formula is C23H20FN3O3S. The summed E-state index contributed by atoms with van der Waals surface area (Å²) < 4.78 is 37.8. The first-order chi connectivity index (χ1) is 14.8. The molecule has 1 N–H and O–H groups in total. The smallest absolute Gasteiger partial charge is 0.272 e. The van der Waals surface area contributed by atoms with Crippen molar-refractivity contribution in [3.05, 3.63) is 90.2 Å². The minimum absolute atomic E-state index is 0.0781. The normalized spacial score (nSPS) is 16.1. The van der Waals surface area contributed by atoms with E-state index in [9.17, 15) is 17.6 Å². The van der Waals surface area contributed by atoms with Gasteiger partial charge in [0.25, 0.3) is 5.91 Å². The molecule has 0 aliphatic carbocycles. The van der Waals surface area contributed by atoms with E-state index in [1.54, 1.807) is 5.01 Å². The molecule has 0 saturated carbocycles. The third kappa shape index (κ3) is 4.49. The number of halogens is 1. The van der Waals surface area contributed by atoms with Gasteiger partial charge >= 0.3 is 0 Å². The van der Waals surface area contributed by atoms with Crippen LogP contribution in [0, 0.1) is 5.82 Å². The largest absolute Gasteiger partial charge is 0.318 e. The Morgan fingerprint density at radius 3 is 2.32 bits per heavy atom. The maximum absolute atomic E-state index is 14.2. The van der Waals surface area contributed by atoms with E-state index in [0.717, 1.165) is 35.7 Å². The van der Waals surface area contributed by atoms with Crippen molar-refractivity contribution >= 4 is 32.8 Å². The number of nitrogens with one attached hydrogen (secondary N) is 1. The maximum atomic E-state index is 14.2. The summed E-state index contributed by atoms with van der Waals surface area (Å²) in [7, 11) is -3.54. The minimum atomic E-state index is -3.54. The van der Waals surface area contributed by atoms with Crippen molar-refractivity contribution in [1.29, 1.82) is 0 Å². The topological polar surface area (TPSA) is 78.8 Å². The highest BCUT2D eigenvalue weighted by atomic mass is 32.2. The summed E-state index contributed by atoms with van der Waals surface area (Å²) >= 11 is 0. The molecule has 6 nitrogen and oxygen atoms in total. The molecule has 4 rings (SSSR count). The van der Waals surface area contributed by atoms with Crippen molar-refractivity contribution in [2.75, 3.05) is 16.6 Å². The number of hydrogen-bond donors (Lipinski definition) is 1. The van der Waals surface area contributed by atoms with Crippen molar-refractivity contribution in [3.63, 3.8) is 0 Å². The number of amides is 1. The SMILES string of the molecule is CS(=O)(=O)c1ccc(F)c(NC(=O)C2=NN(c3ccccc3)C(c3ccccc3)C2)c1. The summed E-state index contributed by atoms with van der Waals surface area (Å²) in [4.78, 5) is 12.8. The monoisotopic (exact) mass is 437 g/mol. The molecular weight excluding hydrogens is 417 g/mol. The fraction of sp³-hybridized carbons (Fsp3) is 0.130. The van der Waals surface area contributed by atoms with E-state index in [4.69, 9.17) is 0 Å². The Morgan fingerprint density at radius 2 is 1.68 bits per heavy atom. The molecule has 1 atom stereocenters. The lowest BCUT2D eigenvalue weighted by atomic mass is 10.0. The molecule has 158 valence electrons. The summed E-state index contributed by atoms with van der Waals surface area (Å²) in [5.74, 6) is -1.30. The number of hydrazone groups is 1. The van der Waals surface area contributed by atoms with Crippen molar-refractivity contribution < 1.29 is 17.6 Å². The van der Waals surface area contributed by atoms with Gasteiger partial charge in [-0.05, 0) is 35.9 Å². The molecule has 1 amide bonds. The average molecular weight is 437 g/mol. The Kier molecular flexibility index (Phi) is 5.56. The molecule has 0 spiro atoms. The van der Waals surface area contributed by atoms with Gasteiger partial charge in [-0.25, -0.2) is 12.8 Å². The summed E-state index contributed by atoms with van der Waals surface area (Å²) in [5.41, 5.74) is 1.83. The minimum Gasteiger partial charge on any atom is -0.318 e. The second-order valence-corrected chi connectivity index (χ2v) is 9.24. The van der Waals surface area contributed by atoms with Gasteiger partial charge < -0.3 is 5.32 Å². The predicted octanol–water partition coefficient (Wildman–Crippen LogP) is 4.18. The molecule has 31 heavy (non-hydrogen) atoms. The van der Waals surface area contributed by atoms with Gasteiger partial charge in [0.1, 0.15) is 11.5 Å². The Morgan fingerprint density at radius 1 is 1.03 bits per heavy atom. The standard InChI is InChI=1S/C23H20FN3O3S/c1-31(29,30)18-12-13-19(24)20(14-18)25-23(28)21-15-22(16-8-4-2-5-9-16)27(26-21)17-10-6-3-7-11-17/h2-14,22H,15H2,1H3,(H,25,28). The van der Waals surface area contributed by atoms with Crippen molar-refractivity contribution in [2.24, 2.45) is 5.10 Å². The van der Waals surface area contributed by atoms with Crippen LogP contribution in [0.4, 0.5) is 15.8 Å². The van der Waals surface area contributed by atoms with Gasteiger partial charge in [-0.3, -0.25) is 9.80 Å². The van der Waals surface area contributed by atoms with Crippen molar-refractivity contribution in [2.45, 2.75) is 17.4 Å². The first kappa shape index (κ1) is 20.7. The van der Waals surface area contributed by atoms with E-state index < -0.39 is 21.6 Å². The number of anilines is 2. The molecule has 3 aromatic carbocycles. The molecule has 0 bridgehead atoms. The number of sulfone groups is 1. The van der Waals surface area contributed by atoms with Crippen LogP contribution < -0.4 is 10.3 Å². The number of nitrogens with zero attached hydrogens (tertiary/aromatic N) is 2. The Labute approximate surface area is 179 Å². The summed E-state index contributed by atoms with van der Waals surface area (Å²) in [6.45, 7) is 0. The molecule has 1 heterocycles. The third-order valence-corrected chi connectivity index (χ3v) is 6.10. The zero-order valence-electron chi connectivity index (χ0n) is 16.7. The van der Waals surface area contributed by atoms with Crippen LogP contribution in [0.3, 0.4) is 0 Å². The second-order valence-electron chi connectivity index (χ2n) is 7.23. The van der Waals surface area contributed by atoms with Crippen LogP contribution in [0.15, 0.2) is 88.9 Å². The van der Waals surface area contributed by atoms with E-state index in [0.29, 0.717) is 6.42 Å². The number of para-hydroxylation sites is 1. The average Bonchev–Trinajstić information content (AvgIpc) is 3.21. The number of benzene rings is 3. The molecule has 1 aliphatic rings. The van der Waals surface area contributed by atoms with Crippen LogP contribution in [0.25, 0.3) is 0 Å². The van der Waals surface area contributed by atoms with Gasteiger partial charge in [-0.15, -0.1) is 0 Å². The quantitative estimate of drug-likeness (QED) is 0.608.